The van der Waals surface area contributed by atoms with Gasteiger partial charge < -0.3 is 5.11 Å². The Hall–Kier alpha value is -2.78. The van der Waals surface area contributed by atoms with Crippen molar-refractivity contribution in [1.29, 1.82) is 0 Å². The molecule has 0 spiro atoms. The van der Waals surface area contributed by atoms with Crippen molar-refractivity contribution in [3.05, 3.63) is 59.9 Å². The van der Waals surface area contributed by atoms with E-state index in [1.807, 2.05) is 0 Å². The Bertz CT molecular complexity index is 1000. The number of hydrogen-bond donors (Lipinski definition) is 2. The molecule has 1 saturated carbocycles. The molecule has 0 bridgehead atoms. The minimum Gasteiger partial charge on any atom is -0.508 e. The smallest absolute Gasteiger partial charge is 0.255 e. The van der Waals surface area contributed by atoms with Gasteiger partial charge >= 0.3 is 0 Å². The highest BCUT2D eigenvalue weighted by Crippen LogP contribution is 2.27. The third kappa shape index (κ3) is 5.64. The molecule has 1 fully saturated rings. The number of phenols is 1. The van der Waals surface area contributed by atoms with Gasteiger partial charge in [-0.15, -0.1) is 0 Å². The van der Waals surface area contributed by atoms with Crippen LogP contribution in [0.5, 0.6) is 5.75 Å². The molecular formula is C21H24FN3O4S. The van der Waals surface area contributed by atoms with Crippen molar-refractivity contribution in [2.24, 2.45) is 5.10 Å². The fraction of sp³-hybridized carbons (Fsp3) is 0.333. The first-order valence-electron chi connectivity index (χ1n) is 9.74. The minimum atomic E-state index is -3.97. The van der Waals surface area contributed by atoms with Crippen LogP contribution < -0.4 is 5.43 Å². The standard InChI is InChI=1S/C21H24FN3O4S/c22-17-9-11-20(12-10-17)30(28,29)25(18-6-2-1-3-7-18)15-21(27)24-23-14-16-5-4-8-19(26)13-16/h4-5,8-14,18,26H,1-3,6-7,15H2,(H,24,27). The Kier molecular flexibility index (Phi) is 7.17. The van der Waals surface area contributed by atoms with E-state index in [9.17, 15) is 22.7 Å². The van der Waals surface area contributed by atoms with Crippen LogP contribution in [-0.4, -0.2) is 42.5 Å². The van der Waals surface area contributed by atoms with E-state index in [1.165, 1.54) is 34.8 Å². The van der Waals surface area contributed by atoms with Gasteiger partial charge in [-0.3, -0.25) is 4.79 Å². The van der Waals surface area contributed by atoms with Crippen molar-refractivity contribution < 1.29 is 22.7 Å². The summed E-state index contributed by atoms with van der Waals surface area (Å²) in [7, 11) is -3.97. The Morgan fingerprint density at radius 1 is 1.17 bits per heavy atom. The molecule has 0 aromatic heterocycles. The average Bonchev–Trinajstić information content (AvgIpc) is 2.73. The number of aromatic hydroxyl groups is 1. The zero-order valence-corrected chi connectivity index (χ0v) is 17.2. The molecule has 0 atom stereocenters. The Morgan fingerprint density at radius 3 is 2.53 bits per heavy atom. The van der Waals surface area contributed by atoms with Gasteiger partial charge in [0.2, 0.25) is 10.0 Å². The molecule has 3 rings (SSSR count). The van der Waals surface area contributed by atoms with Crippen LogP contribution in [0.25, 0.3) is 0 Å². The van der Waals surface area contributed by atoms with Gasteiger partial charge in [0, 0.05) is 6.04 Å². The van der Waals surface area contributed by atoms with E-state index < -0.39 is 21.7 Å². The lowest BCUT2D eigenvalue weighted by molar-refractivity contribution is -0.121. The van der Waals surface area contributed by atoms with E-state index in [0.29, 0.717) is 18.4 Å². The Balaban J connectivity index is 1.75. The summed E-state index contributed by atoms with van der Waals surface area (Å²) in [5.41, 5.74) is 2.92. The quantitative estimate of drug-likeness (QED) is 0.518. The highest BCUT2D eigenvalue weighted by atomic mass is 32.2. The fourth-order valence-electron chi connectivity index (χ4n) is 3.48. The van der Waals surface area contributed by atoms with E-state index in [1.54, 1.807) is 12.1 Å². The van der Waals surface area contributed by atoms with Gasteiger partial charge in [-0.2, -0.15) is 9.41 Å². The number of nitrogens with zero attached hydrogens (tertiary/aromatic N) is 2. The molecule has 160 valence electrons. The summed E-state index contributed by atoms with van der Waals surface area (Å²) in [6.45, 7) is -0.387. The van der Waals surface area contributed by atoms with Crippen molar-refractivity contribution in [3.63, 3.8) is 0 Å². The predicted molar refractivity (Wildman–Crippen MR) is 111 cm³/mol. The van der Waals surface area contributed by atoms with E-state index in [0.717, 1.165) is 31.4 Å². The van der Waals surface area contributed by atoms with E-state index in [2.05, 4.69) is 10.5 Å². The monoisotopic (exact) mass is 433 g/mol. The van der Waals surface area contributed by atoms with Crippen molar-refractivity contribution >= 4 is 22.1 Å². The molecule has 1 amide bonds. The maximum atomic E-state index is 13.2. The van der Waals surface area contributed by atoms with Crippen molar-refractivity contribution in [3.8, 4) is 5.75 Å². The van der Waals surface area contributed by atoms with Gasteiger partial charge in [-0.1, -0.05) is 31.4 Å². The summed E-state index contributed by atoms with van der Waals surface area (Å²) >= 11 is 0. The lowest BCUT2D eigenvalue weighted by Gasteiger charge is -2.32. The number of rotatable bonds is 7. The van der Waals surface area contributed by atoms with Gasteiger partial charge in [-0.05, 0) is 54.8 Å². The molecule has 1 aliphatic carbocycles. The van der Waals surface area contributed by atoms with Gasteiger partial charge in [0.05, 0.1) is 17.7 Å². The normalized spacial score (nSPS) is 15.5. The zero-order valence-electron chi connectivity index (χ0n) is 16.4. The first-order chi connectivity index (χ1) is 14.4. The summed E-state index contributed by atoms with van der Waals surface area (Å²) in [5.74, 6) is -1.04. The van der Waals surface area contributed by atoms with Gasteiger partial charge in [0.1, 0.15) is 11.6 Å². The molecule has 9 heteroatoms. The molecule has 0 heterocycles. The average molecular weight is 434 g/mol. The zero-order chi connectivity index (χ0) is 21.6. The maximum Gasteiger partial charge on any atom is 0.255 e. The molecule has 0 aliphatic heterocycles. The van der Waals surface area contributed by atoms with Gasteiger partial charge in [0.15, 0.2) is 0 Å². The van der Waals surface area contributed by atoms with Crippen LogP contribution >= 0.6 is 0 Å². The molecule has 2 N–H and O–H groups in total. The highest BCUT2D eigenvalue weighted by molar-refractivity contribution is 7.89. The predicted octanol–water partition coefficient (Wildman–Crippen LogP) is 3.01. The van der Waals surface area contributed by atoms with Crippen LogP contribution in [-0.2, 0) is 14.8 Å². The summed E-state index contributed by atoms with van der Waals surface area (Å²) in [4.78, 5) is 12.4. The summed E-state index contributed by atoms with van der Waals surface area (Å²) in [5, 5.41) is 13.3. The number of benzene rings is 2. The molecule has 7 nitrogen and oxygen atoms in total. The van der Waals surface area contributed by atoms with Crippen LogP contribution in [0, 0.1) is 5.82 Å². The number of nitrogens with one attached hydrogen (secondary N) is 1. The third-order valence-corrected chi connectivity index (χ3v) is 6.89. The molecule has 2 aromatic carbocycles. The Labute approximate surface area is 175 Å². The van der Waals surface area contributed by atoms with Crippen molar-refractivity contribution in [2.75, 3.05) is 6.54 Å². The molecule has 2 aromatic rings. The van der Waals surface area contributed by atoms with Crippen LogP contribution in [0.3, 0.4) is 0 Å². The second kappa shape index (κ2) is 9.82. The fourth-order valence-corrected chi connectivity index (χ4v) is 5.12. The topological polar surface area (TPSA) is 99.1 Å². The first-order valence-corrected chi connectivity index (χ1v) is 11.2. The number of sulfonamides is 1. The van der Waals surface area contributed by atoms with Gasteiger partial charge in [-0.25, -0.2) is 18.2 Å². The molecule has 0 saturated heterocycles. The molecular weight excluding hydrogens is 409 g/mol. The Morgan fingerprint density at radius 2 is 1.87 bits per heavy atom. The molecule has 1 aliphatic rings. The lowest BCUT2D eigenvalue weighted by Crippen LogP contribution is -2.46. The summed E-state index contributed by atoms with van der Waals surface area (Å²) in [6, 6.07) is 10.6. The molecule has 0 unspecified atom stereocenters. The van der Waals surface area contributed by atoms with Gasteiger partial charge in [0.25, 0.3) is 5.91 Å². The van der Waals surface area contributed by atoms with Crippen LogP contribution in [0.4, 0.5) is 4.39 Å². The summed E-state index contributed by atoms with van der Waals surface area (Å²) < 4.78 is 40.8. The third-order valence-electron chi connectivity index (χ3n) is 4.97. The van der Waals surface area contributed by atoms with Crippen LogP contribution in [0.2, 0.25) is 0 Å². The number of carbonyl (C=O) groups excluding carboxylic acids is 1. The lowest BCUT2D eigenvalue weighted by atomic mass is 9.95. The van der Waals surface area contributed by atoms with Crippen LogP contribution in [0.1, 0.15) is 37.7 Å². The molecule has 0 radical (unpaired) electrons. The van der Waals surface area contributed by atoms with Crippen molar-refractivity contribution in [1.82, 2.24) is 9.73 Å². The number of amides is 1. The van der Waals surface area contributed by atoms with E-state index in [-0.39, 0.29) is 23.2 Å². The van der Waals surface area contributed by atoms with Crippen molar-refractivity contribution in [2.45, 2.75) is 43.0 Å². The number of carbonyl (C=O) groups is 1. The number of halogens is 1. The number of hydrogen-bond acceptors (Lipinski definition) is 5. The molecule has 30 heavy (non-hydrogen) atoms. The maximum absolute atomic E-state index is 13.2. The largest absolute Gasteiger partial charge is 0.508 e. The number of hydrazone groups is 1. The SMILES string of the molecule is O=C(CN(C1CCCCC1)S(=O)(=O)c1ccc(F)cc1)NN=Cc1cccc(O)c1. The number of phenolic OH excluding ortho intramolecular Hbond substituents is 1. The van der Waals surface area contributed by atoms with E-state index >= 15 is 0 Å². The van der Waals surface area contributed by atoms with E-state index in [4.69, 9.17) is 0 Å². The first kappa shape index (κ1) is 21.9. The minimum absolute atomic E-state index is 0.0504. The second-order valence-corrected chi connectivity index (χ2v) is 9.07. The van der Waals surface area contributed by atoms with Crippen LogP contribution in [0.15, 0.2) is 58.5 Å². The second-order valence-electron chi connectivity index (χ2n) is 7.18. The highest BCUT2D eigenvalue weighted by Gasteiger charge is 2.33. The summed E-state index contributed by atoms with van der Waals surface area (Å²) in [6.07, 6.45) is 5.49.